The van der Waals surface area contributed by atoms with E-state index in [4.69, 9.17) is 23.2 Å². The second kappa shape index (κ2) is 8.66. The summed E-state index contributed by atoms with van der Waals surface area (Å²) in [5.74, 6) is 0.0962. The van der Waals surface area contributed by atoms with E-state index in [-0.39, 0.29) is 29.9 Å². The molecular formula is C19H16Cl2N6O3S. The predicted molar refractivity (Wildman–Crippen MR) is 119 cm³/mol. The van der Waals surface area contributed by atoms with E-state index < -0.39 is 11.2 Å². The molecule has 3 aromatic heterocycles. The summed E-state index contributed by atoms with van der Waals surface area (Å²) >= 11 is 13.5. The molecule has 1 amide bonds. The highest BCUT2D eigenvalue weighted by Gasteiger charge is 2.12. The highest BCUT2D eigenvalue weighted by atomic mass is 35.5. The number of hydrogen-bond donors (Lipinski definition) is 2. The highest BCUT2D eigenvalue weighted by Crippen LogP contribution is 2.21. The normalized spacial score (nSPS) is 12.0. The summed E-state index contributed by atoms with van der Waals surface area (Å²) in [6.45, 7) is 0.450. The van der Waals surface area contributed by atoms with Crippen molar-refractivity contribution in [2.75, 3.05) is 0 Å². The van der Waals surface area contributed by atoms with Crippen molar-refractivity contribution in [3.05, 3.63) is 76.8 Å². The Hall–Kier alpha value is -2.95. The molecule has 31 heavy (non-hydrogen) atoms. The number of aromatic amines is 2. The van der Waals surface area contributed by atoms with Crippen molar-refractivity contribution in [3.8, 4) is 0 Å². The number of carbonyl (C=O) groups excluding carboxylic acids is 1. The van der Waals surface area contributed by atoms with E-state index in [9.17, 15) is 14.4 Å². The van der Waals surface area contributed by atoms with Crippen LogP contribution in [-0.2, 0) is 24.8 Å². The second-order valence-electron chi connectivity index (χ2n) is 6.76. The maximum absolute atomic E-state index is 12.4. The van der Waals surface area contributed by atoms with Crippen molar-refractivity contribution in [1.82, 2.24) is 24.1 Å². The molecule has 0 aliphatic carbocycles. The standard InChI is InChI=1S/C19H16Cl2N6O3S/c1-26-16-15(17(29)25-18(26)30)22-13(23-16)4-5-14(28)24-19-27(6-7-31-19)9-10-2-3-11(20)8-12(10)21/h2-3,6-8H,4-5,9H2,1H3,(H,22,23)(H,25,29,30). The Bertz CT molecular complexity index is 1480. The molecule has 0 aliphatic rings. The predicted octanol–water partition coefficient (Wildman–Crippen LogP) is 2.23. The van der Waals surface area contributed by atoms with Crippen LogP contribution in [0.2, 0.25) is 10.0 Å². The quantitative estimate of drug-likeness (QED) is 0.457. The smallest absolute Gasteiger partial charge is 0.329 e. The number of halogens is 2. The van der Waals surface area contributed by atoms with Crippen molar-refractivity contribution >= 4 is 51.6 Å². The number of benzene rings is 1. The summed E-state index contributed by atoms with van der Waals surface area (Å²) in [5, 5.41) is 2.93. The van der Waals surface area contributed by atoms with Gasteiger partial charge in [-0.25, -0.2) is 9.78 Å². The monoisotopic (exact) mass is 478 g/mol. The average molecular weight is 479 g/mol. The second-order valence-corrected chi connectivity index (χ2v) is 8.47. The number of aromatic nitrogens is 5. The number of nitrogens with one attached hydrogen (secondary N) is 2. The topological polar surface area (TPSA) is 118 Å². The SMILES string of the molecule is Cn1c(=O)[nH]c(=O)c2[nH]c(CCC(=O)N=c3sccn3Cc3ccc(Cl)cc3Cl)nc21. The first-order chi connectivity index (χ1) is 14.8. The average Bonchev–Trinajstić information content (AvgIpc) is 3.34. The van der Waals surface area contributed by atoms with Gasteiger partial charge >= 0.3 is 5.69 Å². The summed E-state index contributed by atoms with van der Waals surface area (Å²) in [6.07, 6.45) is 2.16. The Labute approximate surface area is 188 Å². The van der Waals surface area contributed by atoms with Gasteiger partial charge in [-0.1, -0.05) is 29.3 Å². The molecule has 0 fully saturated rings. The van der Waals surface area contributed by atoms with Crippen LogP contribution in [0.3, 0.4) is 0 Å². The van der Waals surface area contributed by atoms with Gasteiger partial charge in [-0.3, -0.25) is 19.1 Å². The molecule has 0 aliphatic heterocycles. The zero-order valence-corrected chi connectivity index (χ0v) is 18.5. The molecule has 0 radical (unpaired) electrons. The van der Waals surface area contributed by atoms with E-state index in [2.05, 4.69) is 19.9 Å². The molecule has 12 heteroatoms. The molecule has 9 nitrogen and oxygen atoms in total. The molecule has 0 saturated carbocycles. The van der Waals surface area contributed by atoms with Crippen LogP contribution in [0.5, 0.6) is 0 Å². The third kappa shape index (κ3) is 4.55. The first-order valence-electron chi connectivity index (χ1n) is 9.15. The van der Waals surface area contributed by atoms with E-state index in [0.29, 0.717) is 27.2 Å². The van der Waals surface area contributed by atoms with Gasteiger partial charge in [-0.2, -0.15) is 4.99 Å². The number of aryl methyl sites for hydroxylation is 2. The molecule has 2 N–H and O–H groups in total. The zero-order chi connectivity index (χ0) is 22.1. The molecule has 0 bridgehead atoms. The fraction of sp³-hybridized carbons (Fsp3) is 0.211. The van der Waals surface area contributed by atoms with Gasteiger partial charge < -0.3 is 9.55 Å². The molecular weight excluding hydrogens is 463 g/mol. The molecule has 4 rings (SSSR count). The van der Waals surface area contributed by atoms with Gasteiger partial charge in [0, 0.05) is 41.5 Å². The molecule has 4 aromatic rings. The molecule has 1 aromatic carbocycles. The van der Waals surface area contributed by atoms with Crippen LogP contribution in [0.4, 0.5) is 0 Å². The summed E-state index contributed by atoms with van der Waals surface area (Å²) in [4.78, 5) is 50.1. The van der Waals surface area contributed by atoms with E-state index in [1.54, 1.807) is 12.1 Å². The number of thiazole rings is 1. The van der Waals surface area contributed by atoms with Crippen molar-refractivity contribution in [2.24, 2.45) is 12.0 Å². The van der Waals surface area contributed by atoms with E-state index >= 15 is 0 Å². The fourth-order valence-corrected chi connectivity index (χ4v) is 4.21. The fourth-order valence-electron chi connectivity index (χ4n) is 3.00. The van der Waals surface area contributed by atoms with E-state index in [1.165, 1.54) is 23.0 Å². The van der Waals surface area contributed by atoms with Gasteiger partial charge in [0.05, 0.1) is 6.54 Å². The van der Waals surface area contributed by atoms with Gasteiger partial charge in [0.25, 0.3) is 5.56 Å². The maximum atomic E-state index is 12.4. The third-order valence-electron chi connectivity index (χ3n) is 4.62. The van der Waals surface area contributed by atoms with Crippen LogP contribution < -0.4 is 16.1 Å². The number of nitrogens with zero attached hydrogens (tertiary/aromatic N) is 4. The number of H-pyrrole nitrogens is 2. The number of fused-ring (bicyclic) bond motifs is 1. The Morgan fingerprint density at radius 2 is 2.06 bits per heavy atom. The minimum atomic E-state index is -0.551. The van der Waals surface area contributed by atoms with E-state index in [0.717, 1.165) is 5.56 Å². The van der Waals surface area contributed by atoms with Gasteiger partial charge in [0.15, 0.2) is 10.4 Å². The highest BCUT2D eigenvalue weighted by molar-refractivity contribution is 7.07. The third-order valence-corrected chi connectivity index (χ3v) is 6.00. The van der Waals surface area contributed by atoms with Crippen LogP contribution in [-0.4, -0.2) is 30.0 Å². The van der Waals surface area contributed by atoms with Gasteiger partial charge in [-0.05, 0) is 17.7 Å². The summed E-state index contributed by atoms with van der Waals surface area (Å²) in [5.41, 5.74) is 0.191. The van der Waals surface area contributed by atoms with Crippen molar-refractivity contribution in [3.63, 3.8) is 0 Å². The van der Waals surface area contributed by atoms with Crippen molar-refractivity contribution < 1.29 is 4.79 Å². The van der Waals surface area contributed by atoms with Crippen LogP contribution in [0, 0.1) is 0 Å². The first-order valence-corrected chi connectivity index (χ1v) is 10.8. The zero-order valence-electron chi connectivity index (χ0n) is 16.2. The Balaban J connectivity index is 1.51. The summed E-state index contributed by atoms with van der Waals surface area (Å²) in [7, 11) is 1.51. The van der Waals surface area contributed by atoms with Gasteiger partial charge in [-0.15, -0.1) is 11.3 Å². The summed E-state index contributed by atoms with van der Waals surface area (Å²) < 4.78 is 3.06. The van der Waals surface area contributed by atoms with E-state index in [1.807, 2.05) is 22.2 Å². The lowest BCUT2D eigenvalue weighted by atomic mass is 10.2. The lowest BCUT2D eigenvalue weighted by Crippen LogP contribution is -2.28. The Kier molecular flexibility index (Phi) is 5.94. The van der Waals surface area contributed by atoms with Crippen molar-refractivity contribution in [2.45, 2.75) is 19.4 Å². The number of rotatable bonds is 5. The largest absolute Gasteiger partial charge is 0.336 e. The molecule has 0 atom stereocenters. The molecule has 0 unspecified atom stereocenters. The first kappa shape index (κ1) is 21.3. The number of amides is 1. The Morgan fingerprint density at radius 3 is 2.84 bits per heavy atom. The molecule has 160 valence electrons. The van der Waals surface area contributed by atoms with Crippen LogP contribution in [0.1, 0.15) is 17.8 Å². The van der Waals surface area contributed by atoms with Gasteiger partial charge in [0.2, 0.25) is 5.91 Å². The number of carbonyl (C=O) groups is 1. The van der Waals surface area contributed by atoms with Crippen LogP contribution >= 0.6 is 34.5 Å². The van der Waals surface area contributed by atoms with Gasteiger partial charge in [0.1, 0.15) is 11.3 Å². The molecule has 0 saturated heterocycles. The van der Waals surface area contributed by atoms with Crippen LogP contribution in [0.25, 0.3) is 11.2 Å². The minimum absolute atomic E-state index is 0.0886. The number of hydrogen-bond acceptors (Lipinski definition) is 5. The molecule has 0 spiro atoms. The maximum Gasteiger partial charge on any atom is 0.329 e. The Morgan fingerprint density at radius 1 is 1.26 bits per heavy atom. The molecule has 3 heterocycles. The lowest BCUT2D eigenvalue weighted by molar-refractivity contribution is -0.118. The minimum Gasteiger partial charge on any atom is -0.336 e. The van der Waals surface area contributed by atoms with Crippen molar-refractivity contribution in [1.29, 1.82) is 0 Å². The lowest BCUT2D eigenvalue weighted by Gasteiger charge is -2.06. The summed E-state index contributed by atoms with van der Waals surface area (Å²) in [6, 6.07) is 5.25. The number of imidazole rings is 1. The van der Waals surface area contributed by atoms with Crippen LogP contribution in [0.15, 0.2) is 44.4 Å².